The van der Waals surface area contributed by atoms with E-state index in [0.717, 1.165) is 26.2 Å². The molecule has 0 aliphatic carbocycles. The van der Waals surface area contributed by atoms with Crippen molar-refractivity contribution in [1.29, 1.82) is 0 Å². The van der Waals surface area contributed by atoms with E-state index in [0.29, 0.717) is 5.03 Å². The zero-order valence-electron chi connectivity index (χ0n) is 9.27. The predicted octanol–water partition coefficient (Wildman–Crippen LogP) is 0.867. The molecule has 0 atom stereocenters. The molecule has 0 aromatic carbocycles. The first-order chi connectivity index (χ1) is 7.72. The molecule has 16 heavy (non-hydrogen) atoms. The number of nitro groups is 1. The van der Waals surface area contributed by atoms with Gasteiger partial charge in [0.05, 0.1) is 0 Å². The van der Waals surface area contributed by atoms with Crippen LogP contribution in [0.5, 0.6) is 0 Å². The third-order valence-electron chi connectivity index (χ3n) is 2.21. The second-order valence-electron chi connectivity index (χ2n) is 3.28. The van der Waals surface area contributed by atoms with Crippen molar-refractivity contribution in [2.45, 2.75) is 0 Å². The van der Waals surface area contributed by atoms with Crippen LogP contribution in [0.15, 0.2) is 5.03 Å². The van der Waals surface area contributed by atoms with Crippen molar-refractivity contribution in [3.63, 3.8) is 0 Å². The second-order valence-corrected chi connectivity index (χ2v) is 5.32. The van der Waals surface area contributed by atoms with Gasteiger partial charge in [0, 0.05) is 37.7 Å². The maximum Gasteiger partial charge on any atom is 0.0252 e. The maximum atomic E-state index is 10.2. The number of thioether (sulfide) groups is 2. The van der Waals surface area contributed by atoms with Crippen LogP contribution < -0.4 is 5.32 Å². The summed E-state index contributed by atoms with van der Waals surface area (Å²) in [6.45, 7) is 3.90. The lowest BCUT2D eigenvalue weighted by Crippen LogP contribution is -2.37. The quantitative estimate of drug-likeness (QED) is 0.332. The monoisotopic (exact) mass is 262 g/mol. The first kappa shape index (κ1) is 13.7. The van der Waals surface area contributed by atoms with E-state index in [9.17, 15) is 10.1 Å². The van der Waals surface area contributed by atoms with Crippen molar-refractivity contribution in [1.82, 2.24) is 10.2 Å². The van der Waals surface area contributed by atoms with Crippen LogP contribution in [0.4, 0.5) is 0 Å². The van der Waals surface area contributed by atoms with Crippen LogP contribution in [0.1, 0.15) is 0 Å². The Morgan fingerprint density at radius 2 is 2.31 bits per heavy atom. The molecule has 5 nitrogen and oxygen atoms in total. The van der Waals surface area contributed by atoms with Crippen molar-refractivity contribution >= 4 is 23.5 Å². The number of rotatable bonds is 6. The molecule has 0 bridgehead atoms. The summed E-state index contributed by atoms with van der Waals surface area (Å²) in [5, 5.41) is 13.8. The SMILES string of the molecule is CSC(=[C-][N+](=O)[O-])NCCN1CCSCC1. The lowest BCUT2D eigenvalue weighted by molar-refractivity contribution is -0.420. The molecule has 0 spiro atoms. The van der Waals surface area contributed by atoms with E-state index in [1.54, 1.807) is 6.26 Å². The van der Waals surface area contributed by atoms with Crippen LogP contribution in [-0.4, -0.2) is 53.8 Å². The van der Waals surface area contributed by atoms with Gasteiger partial charge in [-0.3, -0.25) is 15.0 Å². The topological polar surface area (TPSA) is 58.4 Å². The van der Waals surface area contributed by atoms with Crippen LogP contribution in [0.25, 0.3) is 0 Å². The number of hydrogen-bond acceptors (Lipinski definition) is 6. The molecule has 0 radical (unpaired) electrons. The van der Waals surface area contributed by atoms with Gasteiger partial charge in [-0.1, -0.05) is 6.20 Å². The highest BCUT2D eigenvalue weighted by Crippen LogP contribution is 2.09. The van der Waals surface area contributed by atoms with Crippen molar-refractivity contribution in [2.24, 2.45) is 0 Å². The van der Waals surface area contributed by atoms with Gasteiger partial charge in [0.15, 0.2) is 0 Å². The first-order valence-electron chi connectivity index (χ1n) is 5.08. The third kappa shape index (κ3) is 5.62. The predicted molar refractivity (Wildman–Crippen MR) is 69.0 cm³/mol. The summed E-state index contributed by atoms with van der Waals surface area (Å²) < 4.78 is 0. The molecule has 1 fully saturated rings. The van der Waals surface area contributed by atoms with Gasteiger partial charge >= 0.3 is 0 Å². The summed E-state index contributed by atoms with van der Waals surface area (Å²) in [7, 11) is 0. The molecule has 0 aromatic heterocycles. The number of nitrogens with zero attached hydrogens (tertiary/aromatic N) is 2. The van der Waals surface area contributed by atoms with Crippen LogP contribution in [-0.2, 0) is 0 Å². The van der Waals surface area contributed by atoms with Gasteiger partial charge in [-0.25, -0.2) is 0 Å². The molecule has 92 valence electrons. The van der Waals surface area contributed by atoms with Gasteiger partial charge in [0.2, 0.25) is 0 Å². The minimum absolute atomic E-state index is 0.497. The maximum absolute atomic E-state index is 10.2. The molecular formula is C9H16N3O2S2-. The van der Waals surface area contributed by atoms with Crippen molar-refractivity contribution in [2.75, 3.05) is 43.9 Å². The highest BCUT2D eigenvalue weighted by atomic mass is 32.2. The smallest absolute Gasteiger partial charge is 0.0252 e. The fraction of sp³-hybridized carbons (Fsp3) is 0.778. The van der Waals surface area contributed by atoms with Gasteiger partial charge in [-0.15, -0.1) is 16.7 Å². The Morgan fingerprint density at radius 3 is 2.88 bits per heavy atom. The Balaban J connectivity index is 2.19. The fourth-order valence-electron chi connectivity index (χ4n) is 1.39. The molecule has 0 saturated carbocycles. The molecular weight excluding hydrogens is 246 g/mol. The van der Waals surface area contributed by atoms with Gasteiger partial charge in [-0.05, 0) is 11.3 Å². The van der Waals surface area contributed by atoms with Crippen molar-refractivity contribution in [3.8, 4) is 0 Å². The molecule has 1 N–H and O–H groups in total. The fourth-order valence-corrected chi connectivity index (χ4v) is 2.78. The molecule has 0 amide bonds. The van der Waals surface area contributed by atoms with Crippen molar-refractivity contribution < 1.29 is 4.92 Å². The van der Waals surface area contributed by atoms with Gasteiger partial charge < -0.3 is 5.32 Å². The molecule has 1 aliphatic heterocycles. The van der Waals surface area contributed by atoms with Crippen LogP contribution in [0, 0.1) is 16.3 Å². The highest BCUT2D eigenvalue weighted by molar-refractivity contribution is 8.02. The Bertz CT molecular complexity index is 255. The minimum atomic E-state index is -0.545. The largest absolute Gasteiger partial charge is 0.404 e. The lowest BCUT2D eigenvalue weighted by atomic mass is 10.4. The van der Waals surface area contributed by atoms with Crippen molar-refractivity contribution in [3.05, 3.63) is 21.3 Å². The van der Waals surface area contributed by atoms with Crippen LogP contribution >= 0.6 is 23.5 Å². The molecule has 1 saturated heterocycles. The summed E-state index contributed by atoms with van der Waals surface area (Å²) in [6.07, 6.45) is 3.94. The number of nitrogens with one attached hydrogen (secondary N) is 1. The Labute approximate surface area is 104 Å². The Hall–Kier alpha value is -0.400. The standard InChI is InChI=1S/C9H16N3O2S2/c1-15-9(8-12(13)14)10-2-3-11-4-6-16-7-5-11/h10H,2-7H2,1H3/q-1. The molecule has 0 unspecified atom stereocenters. The van der Waals surface area contributed by atoms with Gasteiger partial charge in [0.1, 0.15) is 0 Å². The molecule has 0 aromatic rings. The zero-order chi connectivity index (χ0) is 11.8. The molecule has 1 rings (SSSR count). The average molecular weight is 262 g/mol. The zero-order valence-corrected chi connectivity index (χ0v) is 10.9. The second kappa shape index (κ2) is 7.81. The van der Waals surface area contributed by atoms with E-state index < -0.39 is 4.92 Å². The molecule has 1 heterocycles. The Kier molecular flexibility index (Phi) is 6.67. The Morgan fingerprint density at radius 1 is 1.62 bits per heavy atom. The van der Waals surface area contributed by atoms with E-state index in [1.807, 2.05) is 11.8 Å². The van der Waals surface area contributed by atoms with Gasteiger partial charge in [-0.2, -0.15) is 11.8 Å². The van der Waals surface area contributed by atoms with E-state index in [1.165, 1.54) is 23.3 Å². The summed E-state index contributed by atoms with van der Waals surface area (Å²) in [4.78, 5) is 12.1. The minimum Gasteiger partial charge on any atom is -0.404 e. The summed E-state index contributed by atoms with van der Waals surface area (Å²) in [5.41, 5.74) is 0. The third-order valence-corrected chi connectivity index (χ3v) is 3.80. The molecule has 1 aliphatic rings. The highest BCUT2D eigenvalue weighted by Gasteiger charge is 2.08. The van der Waals surface area contributed by atoms with Crippen LogP contribution in [0.3, 0.4) is 0 Å². The van der Waals surface area contributed by atoms with Gasteiger partial charge in [0.25, 0.3) is 0 Å². The summed E-state index contributed by atoms with van der Waals surface area (Å²) in [6, 6.07) is 0. The van der Waals surface area contributed by atoms with E-state index in [2.05, 4.69) is 16.4 Å². The molecule has 7 heteroatoms. The summed E-state index contributed by atoms with van der Waals surface area (Å²) in [5.74, 6) is 2.37. The first-order valence-corrected chi connectivity index (χ1v) is 7.46. The summed E-state index contributed by atoms with van der Waals surface area (Å²) >= 11 is 3.29. The van der Waals surface area contributed by atoms with E-state index in [4.69, 9.17) is 0 Å². The normalized spacial score (nSPS) is 18.4. The van der Waals surface area contributed by atoms with E-state index in [-0.39, 0.29) is 0 Å². The number of hydrogen-bond donors (Lipinski definition) is 1. The average Bonchev–Trinajstić information content (AvgIpc) is 2.28. The van der Waals surface area contributed by atoms with E-state index >= 15 is 0 Å². The lowest BCUT2D eigenvalue weighted by Gasteiger charge is -2.26. The van der Waals surface area contributed by atoms with Crippen LogP contribution in [0.2, 0.25) is 0 Å².